The second kappa shape index (κ2) is 7.90. The topological polar surface area (TPSA) is 12.2 Å². The summed E-state index contributed by atoms with van der Waals surface area (Å²) in [4.78, 5) is 1.29. The number of nitrogens with zero attached hydrogens (tertiary/aromatic N) is 1. The first kappa shape index (κ1) is 18.3. The van der Waals surface area contributed by atoms with Gasteiger partial charge in [-0.2, -0.15) is 4.58 Å². The zero-order valence-corrected chi connectivity index (χ0v) is 18.1. The molecule has 3 aromatic carbocycles. The van der Waals surface area contributed by atoms with Crippen LogP contribution < -0.4 is 4.74 Å². The number of benzene rings is 3. The van der Waals surface area contributed by atoms with Gasteiger partial charge in [0.15, 0.2) is 0 Å². The number of halogens is 1. The molecule has 27 heavy (non-hydrogen) atoms. The Labute approximate surface area is 177 Å². The molecule has 0 saturated carbocycles. The van der Waals surface area contributed by atoms with E-state index in [1.807, 2.05) is 23.9 Å². The minimum atomic E-state index is 0.873. The van der Waals surface area contributed by atoms with Gasteiger partial charge in [0.05, 0.1) is 18.2 Å². The molecule has 4 heteroatoms. The lowest BCUT2D eigenvalue weighted by Crippen LogP contribution is -2.16. The lowest BCUT2D eigenvalue weighted by Gasteiger charge is -2.19. The minimum absolute atomic E-state index is 0.873. The predicted molar refractivity (Wildman–Crippen MR) is 124 cm³/mol. The van der Waals surface area contributed by atoms with Gasteiger partial charge in [-0.25, -0.2) is 0 Å². The van der Waals surface area contributed by atoms with E-state index in [2.05, 4.69) is 101 Å². The van der Waals surface area contributed by atoms with Crippen LogP contribution in [0.5, 0.6) is 5.75 Å². The molecule has 1 heterocycles. The van der Waals surface area contributed by atoms with Crippen molar-refractivity contribution < 1.29 is 9.31 Å². The van der Waals surface area contributed by atoms with Gasteiger partial charge in [-0.1, -0.05) is 42.5 Å². The number of para-hydroxylation sites is 1. The average molecular weight is 484 g/mol. The van der Waals surface area contributed by atoms with Gasteiger partial charge in [0.1, 0.15) is 12.8 Å². The van der Waals surface area contributed by atoms with Gasteiger partial charge in [0.25, 0.3) is 5.04 Å². The van der Waals surface area contributed by atoms with Crippen LogP contribution in [0.15, 0.2) is 78.9 Å². The minimum Gasteiger partial charge on any atom is -0.497 e. The van der Waals surface area contributed by atoms with Crippen LogP contribution in [-0.2, 0) is 0 Å². The lowest BCUT2D eigenvalue weighted by atomic mass is 10.1. The smallest absolute Gasteiger partial charge is 0.252 e. The van der Waals surface area contributed by atoms with Gasteiger partial charge in [-0.05, 0) is 70.2 Å². The largest absolute Gasteiger partial charge is 0.497 e. The molecule has 0 aliphatic carbocycles. The molecule has 1 aliphatic rings. The standard InChI is InChI=1S/C23H19INOS/c1-25-20-11-7-6-10-19(20)22(21(24)16-8-4-3-5-9-16)27-23(25)17-12-14-18(26-2)15-13-17/h3-15H,1-2H3/q+1/b22-21-. The van der Waals surface area contributed by atoms with Crippen molar-refractivity contribution in [1.82, 2.24) is 0 Å². The molecule has 4 rings (SSSR count). The van der Waals surface area contributed by atoms with Gasteiger partial charge in [0.2, 0.25) is 5.69 Å². The maximum absolute atomic E-state index is 5.32. The van der Waals surface area contributed by atoms with Gasteiger partial charge in [-0.3, -0.25) is 0 Å². The number of fused-ring (bicyclic) bond motifs is 1. The number of rotatable bonds is 3. The monoisotopic (exact) mass is 484 g/mol. The molecule has 0 amide bonds. The molecule has 3 aromatic rings. The maximum atomic E-state index is 5.32. The zero-order chi connectivity index (χ0) is 18.8. The van der Waals surface area contributed by atoms with Gasteiger partial charge in [-0.15, -0.1) is 0 Å². The summed E-state index contributed by atoms with van der Waals surface area (Å²) >= 11 is 4.30. The summed E-state index contributed by atoms with van der Waals surface area (Å²) in [6.07, 6.45) is 0. The molecule has 0 radical (unpaired) electrons. The normalized spacial score (nSPS) is 15.4. The third-order valence-electron chi connectivity index (χ3n) is 4.58. The number of thioether (sulfide) groups is 1. The van der Waals surface area contributed by atoms with E-state index in [1.165, 1.54) is 35.9 Å². The second-order valence-corrected chi connectivity index (χ2v) is 8.30. The van der Waals surface area contributed by atoms with Crippen LogP contribution in [0.1, 0.15) is 16.7 Å². The molecule has 0 bridgehead atoms. The SMILES string of the molecule is COc1ccc(C2=[N+](C)c3ccccc3/C(=C(/I)c3ccccc3)S2)cc1. The molecule has 1 aliphatic heterocycles. The highest BCUT2D eigenvalue weighted by Crippen LogP contribution is 2.47. The first-order chi connectivity index (χ1) is 13.2. The van der Waals surface area contributed by atoms with E-state index in [9.17, 15) is 0 Å². The fourth-order valence-electron chi connectivity index (χ4n) is 3.15. The summed E-state index contributed by atoms with van der Waals surface area (Å²) in [7, 11) is 3.83. The van der Waals surface area contributed by atoms with E-state index in [0.717, 1.165) is 5.75 Å². The molecule has 0 saturated heterocycles. The Hall–Kier alpha value is -2.05. The Morgan fingerprint density at radius 1 is 0.889 bits per heavy atom. The summed E-state index contributed by atoms with van der Waals surface area (Å²) in [5.41, 5.74) is 4.93. The molecule has 0 N–H and O–H groups in total. The molecule has 134 valence electrons. The molecule has 0 unspecified atom stereocenters. The van der Waals surface area contributed by atoms with E-state index in [4.69, 9.17) is 4.74 Å². The molecule has 2 nitrogen and oxygen atoms in total. The van der Waals surface area contributed by atoms with Gasteiger partial charge in [0, 0.05) is 14.6 Å². The Bertz CT molecular complexity index is 1040. The number of hydrogen-bond acceptors (Lipinski definition) is 2. The van der Waals surface area contributed by atoms with Crippen molar-refractivity contribution >= 4 is 53.6 Å². The van der Waals surface area contributed by atoms with Crippen molar-refractivity contribution in [3.63, 3.8) is 0 Å². The highest BCUT2D eigenvalue weighted by Gasteiger charge is 2.31. The summed E-state index contributed by atoms with van der Waals surface area (Å²) in [6, 6.07) is 27.5. The van der Waals surface area contributed by atoms with Gasteiger partial charge < -0.3 is 4.74 Å². The fraction of sp³-hybridized carbons (Fsp3) is 0.0870. The second-order valence-electron chi connectivity index (χ2n) is 6.22. The summed E-state index contributed by atoms with van der Waals surface area (Å²) in [5.74, 6) is 0.873. The molecular weight excluding hydrogens is 465 g/mol. The van der Waals surface area contributed by atoms with Crippen LogP contribution in [0, 0.1) is 0 Å². The van der Waals surface area contributed by atoms with Crippen LogP contribution in [-0.4, -0.2) is 23.8 Å². The van der Waals surface area contributed by atoms with Crippen molar-refractivity contribution in [3.8, 4) is 5.75 Å². The first-order valence-corrected chi connectivity index (χ1v) is 10.6. The van der Waals surface area contributed by atoms with E-state index in [0.29, 0.717) is 0 Å². The van der Waals surface area contributed by atoms with Crippen molar-refractivity contribution in [2.45, 2.75) is 0 Å². The Morgan fingerprint density at radius 2 is 1.56 bits per heavy atom. The van der Waals surface area contributed by atoms with Crippen molar-refractivity contribution in [3.05, 3.63) is 95.6 Å². The highest BCUT2D eigenvalue weighted by molar-refractivity contribution is 14.1. The Morgan fingerprint density at radius 3 is 2.26 bits per heavy atom. The third kappa shape index (κ3) is 3.56. The molecule has 0 aromatic heterocycles. The van der Waals surface area contributed by atoms with Crippen molar-refractivity contribution in [2.75, 3.05) is 14.2 Å². The van der Waals surface area contributed by atoms with E-state index < -0.39 is 0 Å². The van der Waals surface area contributed by atoms with Crippen LogP contribution >= 0.6 is 34.4 Å². The Balaban J connectivity index is 1.89. The number of methoxy groups -OCH3 is 1. The van der Waals surface area contributed by atoms with Crippen molar-refractivity contribution in [1.29, 1.82) is 0 Å². The fourth-order valence-corrected chi connectivity index (χ4v) is 5.31. The predicted octanol–water partition coefficient (Wildman–Crippen LogP) is 6.42. The molecule has 0 spiro atoms. The average Bonchev–Trinajstić information content (AvgIpc) is 2.74. The van der Waals surface area contributed by atoms with Crippen LogP contribution in [0.3, 0.4) is 0 Å². The summed E-state index contributed by atoms with van der Waals surface area (Å²) in [6.45, 7) is 0. The number of ether oxygens (including phenoxy) is 1. The summed E-state index contributed by atoms with van der Waals surface area (Å²) < 4.78 is 8.86. The zero-order valence-electron chi connectivity index (χ0n) is 15.1. The van der Waals surface area contributed by atoms with Gasteiger partial charge >= 0.3 is 0 Å². The van der Waals surface area contributed by atoms with E-state index >= 15 is 0 Å². The van der Waals surface area contributed by atoms with Crippen molar-refractivity contribution in [2.24, 2.45) is 0 Å². The van der Waals surface area contributed by atoms with E-state index in [1.54, 1.807) is 7.11 Å². The van der Waals surface area contributed by atoms with Crippen LogP contribution in [0.2, 0.25) is 0 Å². The third-order valence-corrected chi connectivity index (χ3v) is 7.44. The summed E-state index contributed by atoms with van der Waals surface area (Å²) in [5, 5.41) is 1.22. The maximum Gasteiger partial charge on any atom is 0.252 e. The highest BCUT2D eigenvalue weighted by atomic mass is 127. The number of hydrogen-bond donors (Lipinski definition) is 0. The van der Waals surface area contributed by atoms with E-state index in [-0.39, 0.29) is 0 Å². The lowest BCUT2D eigenvalue weighted by molar-refractivity contribution is -0.401. The Kier molecular flexibility index (Phi) is 5.36. The molecule has 0 fully saturated rings. The van der Waals surface area contributed by atoms with Crippen LogP contribution in [0.4, 0.5) is 5.69 Å². The first-order valence-electron chi connectivity index (χ1n) is 8.66. The quantitative estimate of drug-likeness (QED) is 0.314. The van der Waals surface area contributed by atoms with Crippen LogP contribution in [0.25, 0.3) is 8.48 Å². The molecule has 0 atom stereocenters. The molecular formula is C23H19INOS+.